The predicted octanol–water partition coefficient (Wildman–Crippen LogP) is 4.53. The number of carbonyl (C=O) groups is 3. The second-order valence-electron chi connectivity index (χ2n) is 9.19. The molecule has 0 aromatic heterocycles. The van der Waals surface area contributed by atoms with E-state index in [1.807, 2.05) is 51.1 Å². The van der Waals surface area contributed by atoms with Gasteiger partial charge in [-0.25, -0.2) is 14.4 Å². The van der Waals surface area contributed by atoms with Gasteiger partial charge < -0.3 is 19.1 Å². The lowest BCUT2D eigenvalue weighted by molar-refractivity contribution is -0.146. The van der Waals surface area contributed by atoms with Gasteiger partial charge in [-0.1, -0.05) is 36.4 Å². The fraction of sp³-hybridized carbons (Fsp3) is 0.560. The van der Waals surface area contributed by atoms with E-state index in [-0.39, 0.29) is 25.2 Å². The number of methoxy groups -OCH3 is 1. The van der Waals surface area contributed by atoms with Crippen molar-refractivity contribution < 1.29 is 28.6 Å². The summed E-state index contributed by atoms with van der Waals surface area (Å²) in [6, 6.07) is 7.99. The molecule has 8 heteroatoms. The maximum Gasteiger partial charge on any atom is 0.410 e. The Morgan fingerprint density at radius 2 is 1.82 bits per heavy atom. The van der Waals surface area contributed by atoms with Gasteiger partial charge in [-0.2, -0.15) is 0 Å². The van der Waals surface area contributed by atoms with Gasteiger partial charge in [-0.15, -0.1) is 6.58 Å². The van der Waals surface area contributed by atoms with Crippen molar-refractivity contribution in [1.29, 1.82) is 0 Å². The summed E-state index contributed by atoms with van der Waals surface area (Å²) in [5, 5.41) is 0. The van der Waals surface area contributed by atoms with Gasteiger partial charge in [0.1, 0.15) is 18.2 Å². The van der Waals surface area contributed by atoms with Crippen LogP contribution >= 0.6 is 0 Å². The summed E-state index contributed by atoms with van der Waals surface area (Å²) >= 11 is 0. The second kappa shape index (κ2) is 11.7. The molecular weight excluding hydrogens is 424 g/mol. The van der Waals surface area contributed by atoms with E-state index in [1.54, 1.807) is 17.9 Å². The van der Waals surface area contributed by atoms with Gasteiger partial charge in [0, 0.05) is 12.6 Å². The van der Waals surface area contributed by atoms with Crippen LogP contribution in [-0.4, -0.2) is 65.3 Å². The number of carbonyl (C=O) groups excluding carboxylic acids is 3. The van der Waals surface area contributed by atoms with E-state index in [4.69, 9.17) is 14.2 Å². The molecule has 2 rings (SSSR count). The minimum absolute atomic E-state index is 0.0730. The van der Waals surface area contributed by atoms with Crippen molar-refractivity contribution in [2.45, 2.75) is 77.3 Å². The zero-order chi connectivity index (χ0) is 24.6. The van der Waals surface area contributed by atoms with E-state index < -0.39 is 29.8 Å². The van der Waals surface area contributed by atoms with Crippen LogP contribution in [0.15, 0.2) is 43.0 Å². The Morgan fingerprint density at radius 3 is 2.39 bits per heavy atom. The van der Waals surface area contributed by atoms with Gasteiger partial charge in [0.05, 0.1) is 13.2 Å². The topological polar surface area (TPSA) is 85.4 Å². The lowest BCUT2D eigenvalue weighted by Crippen LogP contribution is -2.53. The van der Waals surface area contributed by atoms with Gasteiger partial charge in [0.25, 0.3) is 0 Å². The Bertz CT molecular complexity index is 820. The normalized spacial score (nSPS) is 18.9. The molecule has 3 atom stereocenters. The van der Waals surface area contributed by atoms with Gasteiger partial charge in [0.2, 0.25) is 0 Å². The number of hydrogen-bond donors (Lipinski definition) is 0. The first-order valence-electron chi connectivity index (χ1n) is 11.2. The average molecular weight is 461 g/mol. The van der Waals surface area contributed by atoms with Crippen LogP contribution in [0.5, 0.6) is 0 Å². The molecule has 1 aliphatic heterocycles. The standard InChI is InChI=1S/C25H36N2O6/c1-7-11-20-14-15-21(27(20)24(30)33-25(3,4)5)16-26(18(2)22(28)31-6)23(29)32-17-19-12-9-8-10-13-19/h7-10,12-13,18,20-21H,1,11,14-17H2,2-6H3/t18-,20?,21-/m0/s1. The Morgan fingerprint density at radius 1 is 1.18 bits per heavy atom. The van der Waals surface area contributed by atoms with Crippen molar-refractivity contribution in [2.75, 3.05) is 13.7 Å². The molecule has 1 unspecified atom stereocenters. The molecule has 0 radical (unpaired) electrons. The molecule has 0 bridgehead atoms. The van der Waals surface area contributed by atoms with Gasteiger partial charge in [-0.05, 0) is 52.5 Å². The predicted molar refractivity (Wildman–Crippen MR) is 125 cm³/mol. The first-order valence-corrected chi connectivity index (χ1v) is 11.2. The molecule has 1 fully saturated rings. The average Bonchev–Trinajstić information content (AvgIpc) is 3.17. The molecule has 0 N–H and O–H groups in total. The molecule has 1 aromatic carbocycles. The van der Waals surface area contributed by atoms with Crippen molar-refractivity contribution in [1.82, 2.24) is 9.80 Å². The minimum atomic E-state index is -0.878. The summed E-state index contributed by atoms with van der Waals surface area (Å²) < 4.78 is 16.0. The first kappa shape index (κ1) is 26.2. The molecule has 1 saturated heterocycles. The molecule has 0 aliphatic carbocycles. The van der Waals surface area contributed by atoms with E-state index in [9.17, 15) is 14.4 Å². The van der Waals surface area contributed by atoms with Crippen LogP contribution in [-0.2, 0) is 25.6 Å². The Hall–Kier alpha value is -3.03. The zero-order valence-electron chi connectivity index (χ0n) is 20.3. The summed E-state index contributed by atoms with van der Waals surface area (Å²) in [5.74, 6) is -0.559. The number of benzene rings is 1. The fourth-order valence-corrected chi connectivity index (χ4v) is 3.89. The van der Waals surface area contributed by atoms with Crippen molar-refractivity contribution in [3.63, 3.8) is 0 Å². The van der Waals surface area contributed by atoms with E-state index in [1.165, 1.54) is 12.0 Å². The van der Waals surface area contributed by atoms with Crippen LogP contribution in [0.25, 0.3) is 0 Å². The lowest BCUT2D eigenvalue weighted by atomic mass is 10.1. The van der Waals surface area contributed by atoms with Crippen molar-refractivity contribution >= 4 is 18.2 Å². The highest BCUT2D eigenvalue weighted by Gasteiger charge is 2.41. The third kappa shape index (κ3) is 7.51. The number of hydrogen-bond acceptors (Lipinski definition) is 6. The molecule has 8 nitrogen and oxygen atoms in total. The van der Waals surface area contributed by atoms with Crippen LogP contribution in [0.4, 0.5) is 9.59 Å². The highest BCUT2D eigenvalue weighted by Crippen LogP contribution is 2.30. The van der Waals surface area contributed by atoms with Gasteiger partial charge in [-0.3, -0.25) is 4.90 Å². The quantitative estimate of drug-likeness (QED) is 0.322. The highest BCUT2D eigenvalue weighted by atomic mass is 16.6. The fourth-order valence-electron chi connectivity index (χ4n) is 3.89. The summed E-state index contributed by atoms with van der Waals surface area (Å²) in [4.78, 5) is 41.3. The second-order valence-corrected chi connectivity index (χ2v) is 9.19. The van der Waals surface area contributed by atoms with Gasteiger partial charge in [0.15, 0.2) is 0 Å². The molecule has 0 saturated carbocycles. The molecule has 182 valence electrons. The molecule has 0 spiro atoms. The first-order chi connectivity index (χ1) is 15.6. The Labute approximate surface area is 196 Å². The smallest absolute Gasteiger partial charge is 0.410 e. The largest absolute Gasteiger partial charge is 0.467 e. The lowest BCUT2D eigenvalue weighted by Gasteiger charge is -2.36. The number of ether oxygens (including phenoxy) is 3. The molecule has 33 heavy (non-hydrogen) atoms. The van der Waals surface area contributed by atoms with Crippen LogP contribution in [0.3, 0.4) is 0 Å². The third-order valence-electron chi connectivity index (χ3n) is 5.52. The van der Waals surface area contributed by atoms with Crippen molar-refractivity contribution in [2.24, 2.45) is 0 Å². The number of esters is 1. The van der Waals surface area contributed by atoms with E-state index >= 15 is 0 Å². The summed E-state index contributed by atoms with van der Waals surface area (Å²) in [6.45, 7) is 11.0. The van der Waals surface area contributed by atoms with E-state index in [0.29, 0.717) is 12.8 Å². The van der Waals surface area contributed by atoms with E-state index in [0.717, 1.165) is 12.0 Å². The number of likely N-dealkylation sites (tertiary alicyclic amines) is 1. The Balaban J connectivity index is 2.22. The minimum Gasteiger partial charge on any atom is -0.467 e. The summed E-state index contributed by atoms with van der Waals surface area (Å²) in [5.41, 5.74) is 0.176. The summed E-state index contributed by atoms with van der Waals surface area (Å²) in [6.07, 6.45) is 2.70. The Kier molecular flexibility index (Phi) is 9.32. The maximum absolute atomic E-state index is 13.0. The van der Waals surface area contributed by atoms with Crippen molar-refractivity contribution in [3.05, 3.63) is 48.6 Å². The molecule has 1 aromatic rings. The number of rotatable bonds is 8. The maximum atomic E-state index is 13.0. The molecular formula is C25H36N2O6. The highest BCUT2D eigenvalue weighted by molar-refractivity contribution is 5.81. The van der Waals surface area contributed by atoms with Crippen LogP contribution in [0.1, 0.15) is 52.5 Å². The van der Waals surface area contributed by atoms with Crippen LogP contribution in [0, 0.1) is 0 Å². The SMILES string of the molecule is C=CCC1CC[C@@H](CN(C(=O)OCc2ccccc2)[C@@H](C)C(=O)OC)N1C(=O)OC(C)(C)C. The van der Waals surface area contributed by atoms with Crippen LogP contribution < -0.4 is 0 Å². The van der Waals surface area contributed by atoms with E-state index in [2.05, 4.69) is 6.58 Å². The molecule has 1 heterocycles. The molecule has 2 amide bonds. The molecule has 1 aliphatic rings. The monoisotopic (exact) mass is 460 g/mol. The van der Waals surface area contributed by atoms with Gasteiger partial charge >= 0.3 is 18.2 Å². The van der Waals surface area contributed by atoms with Crippen molar-refractivity contribution in [3.8, 4) is 0 Å². The number of nitrogens with zero attached hydrogens (tertiary/aromatic N) is 2. The number of amides is 2. The summed E-state index contributed by atoms with van der Waals surface area (Å²) in [7, 11) is 1.27. The zero-order valence-corrected chi connectivity index (χ0v) is 20.3. The van der Waals surface area contributed by atoms with Crippen LogP contribution in [0.2, 0.25) is 0 Å². The third-order valence-corrected chi connectivity index (χ3v) is 5.52.